The number of nitrogens with one attached hydrogen (secondary N) is 1. The number of aromatic nitrogens is 4. The van der Waals surface area contributed by atoms with E-state index in [1.165, 1.54) is 0 Å². The van der Waals surface area contributed by atoms with Gasteiger partial charge in [-0.25, -0.2) is 4.98 Å². The van der Waals surface area contributed by atoms with Gasteiger partial charge in [-0.15, -0.1) is 0 Å². The van der Waals surface area contributed by atoms with Gasteiger partial charge in [-0.2, -0.15) is 5.10 Å². The molecule has 0 aliphatic carbocycles. The maximum Gasteiger partial charge on any atom is 0.290 e. The normalized spacial score (nSPS) is 16.9. The molecule has 3 aromatic heterocycles. The van der Waals surface area contributed by atoms with Gasteiger partial charge < -0.3 is 14.3 Å². The third kappa shape index (κ3) is 3.07. The van der Waals surface area contributed by atoms with E-state index in [9.17, 15) is 4.79 Å². The summed E-state index contributed by atoms with van der Waals surface area (Å²) in [5.41, 5.74) is 1.89. The quantitative estimate of drug-likeness (QED) is 0.565. The van der Waals surface area contributed by atoms with Crippen LogP contribution < -0.4 is 0 Å². The van der Waals surface area contributed by atoms with Crippen molar-refractivity contribution in [1.29, 1.82) is 0 Å². The lowest BCUT2D eigenvalue weighted by Gasteiger charge is -2.22. The molecule has 1 N–H and O–H groups in total. The van der Waals surface area contributed by atoms with E-state index in [1.807, 2.05) is 29.2 Å². The van der Waals surface area contributed by atoms with Gasteiger partial charge in [-0.05, 0) is 37.1 Å². The first-order valence-corrected chi connectivity index (χ1v) is 9.57. The first kappa shape index (κ1) is 17.1. The van der Waals surface area contributed by atoms with Gasteiger partial charge in [0.1, 0.15) is 11.6 Å². The predicted octanol–water partition coefficient (Wildman–Crippen LogP) is 4.03. The SMILES string of the molecule is O=C(c1ccc(Cn2cc(Cl)cn2)o1)N1CCC[C@@H]1c1nc2ccccc2[nH]1. The summed E-state index contributed by atoms with van der Waals surface area (Å²) in [6.45, 7) is 1.11. The number of furan rings is 1. The summed E-state index contributed by atoms with van der Waals surface area (Å²) in [6.07, 6.45) is 5.10. The van der Waals surface area contributed by atoms with Gasteiger partial charge in [0, 0.05) is 12.7 Å². The number of para-hydroxylation sites is 2. The lowest BCUT2D eigenvalue weighted by molar-refractivity contribution is 0.0696. The Morgan fingerprint density at radius 2 is 2.18 bits per heavy atom. The van der Waals surface area contributed by atoms with Crippen molar-refractivity contribution in [3.8, 4) is 0 Å². The number of amides is 1. The average molecular weight is 396 g/mol. The van der Waals surface area contributed by atoms with Crippen molar-refractivity contribution in [1.82, 2.24) is 24.6 Å². The molecule has 1 saturated heterocycles. The molecule has 1 amide bonds. The number of benzene rings is 1. The van der Waals surface area contributed by atoms with Crippen LogP contribution in [0.2, 0.25) is 5.02 Å². The molecule has 0 radical (unpaired) electrons. The number of hydrogen-bond acceptors (Lipinski definition) is 4. The summed E-state index contributed by atoms with van der Waals surface area (Å²) in [5, 5.41) is 4.70. The van der Waals surface area contributed by atoms with E-state index in [1.54, 1.807) is 29.2 Å². The van der Waals surface area contributed by atoms with Crippen molar-refractivity contribution >= 4 is 28.5 Å². The molecule has 4 heterocycles. The lowest BCUT2D eigenvalue weighted by Crippen LogP contribution is -2.30. The first-order valence-electron chi connectivity index (χ1n) is 9.20. The number of halogens is 1. The second kappa shape index (κ2) is 6.83. The Hall–Kier alpha value is -3.06. The number of fused-ring (bicyclic) bond motifs is 1. The number of imidazole rings is 1. The lowest BCUT2D eigenvalue weighted by atomic mass is 10.2. The van der Waals surface area contributed by atoms with E-state index in [2.05, 4.69) is 15.1 Å². The monoisotopic (exact) mass is 395 g/mol. The van der Waals surface area contributed by atoms with Crippen molar-refractivity contribution in [3.05, 3.63) is 71.2 Å². The highest BCUT2D eigenvalue weighted by Crippen LogP contribution is 2.33. The maximum absolute atomic E-state index is 13.1. The molecule has 0 bridgehead atoms. The Bertz CT molecular complexity index is 1110. The highest BCUT2D eigenvalue weighted by atomic mass is 35.5. The number of aromatic amines is 1. The Morgan fingerprint density at radius 3 is 3.00 bits per heavy atom. The molecule has 1 aliphatic rings. The van der Waals surface area contributed by atoms with E-state index in [0.29, 0.717) is 29.6 Å². The molecule has 5 rings (SSSR count). The smallest absolute Gasteiger partial charge is 0.290 e. The summed E-state index contributed by atoms with van der Waals surface area (Å²) >= 11 is 5.89. The number of nitrogens with zero attached hydrogens (tertiary/aromatic N) is 4. The molecule has 0 unspecified atom stereocenters. The van der Waals surface area contributed by atoms with Crippen LogP contribution in [0.4, 0.5) is 0 Å². The van der Waals surface area contributed by atoms with E-state index < -0.39 is 0 Å². The number of likely N-dealkylation sites (tertiary alicyclic amines) is 1. The van der Waals surface area contributed by atoms with E-state index >= 15 is 0 Å². The van der Waals surface area contributed by atoms with Crippen molar-refractivity contribution in [2.24, 2.45) is 0 Å². The predicted molar refractivity (Wildman–Crippen MR) is 104 cm³/mol. The molecule has 1 atom stereocenters. The van der Waals surface area contributed by atoms with Gasteiger partial charge in [0.05, 0.1) is 34.8 Å². The molecule has 8 heteroatoms. The summed E-state index contributed by atoms with van der Waals surface area (Å²) in [6, 6.07) is 11.3. The van der Waals surface area contributed by atoms with Crippen LogP contribution in [0.15, 0.2) is 53.2 Å². The van der Waals surface area contributed by atoms with Gasteiger partial charge >= 0.3 is 0 Å². The van der Waals surface area contributed by atoms with Gasteiger partial charge in [0.25, 0.3) is 5.91 Å². The number of carbonyl (C=O) groups excluding carboxylic acids is 1. The summed E-state index contributed by atoms with van der Waals surface area (Å²) in [7, 11) is 0. The zero-order valence-corrected chi connectivity index (χ0v) is 15.8. The molecular weight excluding hydrogens is 378 g/mol. The number of hydrogen-bond donors (Lipinski definition) is 1. The van der Waals surface area contributed by atoms with Crippen molar-refractivity contribution < 1.29 is 9.21 Å². The number of carbonyl (C=O) groups is 1. The third-order valence-electron chi connectivity index (χ3n) is 5.03. The fourth-order valence-electron chi connectivity index (χ4n) is 3.73. The highest BCUT2D eigenvalue weighted by Gasteiger charge is 2.34. The van der Waals surface area contributed by atoms with Gasteiger partial charge in [-0.1, -0.05) is 23.7 Å². The standard InChI is InChI=1S/C20H18ClN5O2/c21-13-10-22-25(11-13)12-14-7-8-18(28-14)20(27)26-9-3-6-17(26)19-23-15-4-1-2-5-16(15)24-19/h1-2,4-5,7-8,10-11,17H,3,6,9,12H2,(H,23,24)/t17-/m1/s1. The summed E-state index contributed by atoms with van der Waals surface area (Å²) in [5.74, 6) is 1.69. The molecule has 7 nitrogen and oxygen atoms in total. The number of rotatable bonds is 4. The van der Waals surface area contributed by atoms with Crippen LogP contribution in [0.1, 0.15) is 41.0 Å². The minimum absolute atomic E-state index is 0.0710. The van der Waals surface area contributed by atoms with Crippen LogP contribution in [-0.2, 0) is 6.54 Å². The second-order valence-electron chi connectivity index (χ2n) is 6.92. The molecule has 28 heavy (non-hydrogen) atoms. The van der Waals surface area contributed by atoms with Gasteiger partial charge in [0.15, 0.2) is 5.76 Å². The van der Waals surface area contributed by atoms with Crippen LogP contribution in [0.25, 0.3) is 11.0 Å². The molecule has 4 aromatic rings. The van der Waals surface area contributed by atoms with E-state index in [0.717, 1.165) is 29.7 Å². The summed E-state index contributed by atoms with van der Waals surface area (Å²) in [4.78, 5) is 22.9. The molecule has 0 spiro atoms. The average Bonchev–Trinajstić information content (AvgIpc) is 3.47. The van der Waals surface area contributed by atoms with Gasteiger partial charge in [-0.3, -0.25) is 9.48 Å². The third-order valence-corrected chi connectivity index (χ3v) is 5.22. The van der Waals surface area contributed by atoms with Crippen LogP contribution in [0.3, 0.4) is 0 Å². The fourth-order valence-corrected chi connectivity index (χ4v) is 3.88. The topological polar surface area (TPSA) is 79.9 Å². The van der Waals surface area contributed by atoms with Crippen LogP contribution in [0.5, 0.6) is 0 Å². The molecule has 0 saturated carbocycles. The summed E-state index contributed by atoms with van der Waals surface area (Å²) < 4.78 is 7.46. The molecule has 1 aromatic carbocycles. The molecule has 142 valence electrons. The van der Waals surface area contributed by atoms with Crippen LogP contribution >= 0.6 is 11.6 Å². The van der Waals surface area contributed by atoms with Gasteiger partial charge in [0.2, 0.25) is 0 Å². The molecule has 1 fully saturated rings. The zero-order valence-electron chi connectivity index (χ0n) is 15.0. The van der Waals surface area contributed by atoms with Crippen molar-refractivity contribution in [2.75, 3.05) is 6.54 Å². The largest absolute Gasteiger partial charge is 0.454 e. The Balaban J connectivity index is 1.36. The molecule has 1 aliphatic heterocycles. The van der Waals surface area contributed by atoms with E-state index in [4.69, 9.17) is 16.0 Å². The number of H-pyrrole nitrogens is 1. The Kier molecular flexibility index (Phi) is 4.16. The van der Waals surface area contributed by atoms with Crippen molar-refractivity contribution in [3.63, 3.8) is 0 Å². The maximum atomic E-state index is 13.1. The Morgan fingerprint density at radius 1 is 1.29 bits per heavy atom. The minimum Gasteiger partial charge on any atom is -0.454 e. The first-order chi connectivity index (χ1) is 13.7. The minimum atomic E-state index is -0.118. The van der Waals surface area contributed by atoms with Crippen LogP contribution in [-0.4, -0.2) is 37.1 Å². The van der Waals surface area contributed by atoms with Crippen LogP contribution in [0, 0.1) is 0 Å². The van der Waals surface area contributed by atoms with E-state index in [-0.39, 0.29) is 11.9 Å². The van der Waals surface area contributed by atoms with Crippen molar-refractivity contribution in [2.45, 2.75) is 25.4 Å². The fraction of sp³-hybridized carbons (Fsp3) is 0.250. The molecular formula is C20H18ClN5O2. The second-order valence-corrected chi connectivity index (χ2v) is 7.35. The zero-order chi connectivity index (χ0) is 19.1. The highest BCUT2D eigenvalue weighted by molar-refractivity contribution is 6.30. The Labute approximate surface area is 165 Å².